The smallest absolute Gasteiger partial charge is 0.175 e. The number of nitrogens with one attached hydrogen (secondary N) is 1. The van der Waals surface area contributed by atoms with Gasteiger partial charge in [0, 0.05) is 12.8 Å². The second-order valence-corrected chi connectivity index (χ2v) is 6.92. The second kappa shape index (κ2) is 8.97. The Labute approximate surface area is 122 Å². The lowest BCUT2D eigenvalue weighted by molar-refractivity contribution is 0.313. The molecule has 1 aromatic carbocycles. The molecule has 5 heteroatoms. The molecule has 0 unspecified atom stereocenters. The van der Waals surface area contributed by atoms with Crippen molar-refractivity contribution in [1.29, 1.82) is 0 Å². The highest BCUT2D eigenvalue weighted by atomic mass is 32.2. The number of rotatable bonds is 10. The maximum Gasteiger partial charge on any atom is 0.175 e. The Morgan fingerprint density at radius 3 is 2.65 bits per heavy atom. The van der Waals surface area contributed by atoms with Crippen molar-refractivity contribution in [2.45, 2.75) is 37.5 Å². The van der Waals surface area contributed by atoms with E-state index in [1.54, 1.807) is 24.3 Å². The van der Waals surface area contributed by atoms with Crippen LogP contribution in [0.2, 0.25) is 0 Å². The van der Waals surface area contributed by atoms with Crippen LogP contribution >= 0.6 is 0 Å². The summed E-state index contributed by atoms with van der Waals surface area (Å²) in [6, 6.07) is 6.62. The van der Waals surface area contributed by atoms with Crippen LogP contribution in [0.1, 0.15) is 32.6 Å². The molecule has 0 aliphatic heterocycles. The van der Waals surface area contributed by atoms with Gasteiger partial charge in [-0.3, -0.25) is 0 Å². The van der Waals surface area contributed by atoms with Crippen LogP contribution in [0, 0.1) is 0 Å². The summed E-state index contributed by atoms with van der Waals surface area (Å²) in [6.45, 7) is 4.52. The highest BCUT2D eigenvalue weighted by Gasteiger charge is 2.07. The Kier molecular flexibility index (Phi) is 7.62. The Morgan fingerprint density at radius 2 is 1.95 bits per heavy atom. The van der Waals surface area contributed by atoms with Crippen molar-refractivity contribution in [2.24, 2.45) is 0 Å². The minimum atomic E-state index is -3.17. The van der Waals surface area contributed by atoms with Crippen LogP contribution < -0.4 is 10.1 Å². The fraction of sp³-hybridized carbons (Fsp3) is 0.600. The highest BCUT2D eigenvalue weighted by molar-refractivity contribution is 7.90. The van der Waals surface area contributed by atoms with E-state index in [1.165, 1.54) is 31.9 Å². The molecule has 0 fully saturated rings. The molecule has 0 heterocycles. The van der Waals surface area contributed by atoms with Crippen molar-refractivity contribution in [2.75, 3.05) is 26.0 Å². The monoisotopic (exact) mass is 299 g/mol. The normalized spacial score (nSPS) is 11.5. The standard InChI is InChI=1S/C15H25NO3S/c1-3-4-5-6-10-16-11-12-19-14-8-7-9-15(13-14)20(2,17)18/h7-9,13,16H,3-6,10-12H2,1-2H3. The van der Waals surface area contributed by atoms with Gasteiger partial charge in [-0.2, -0.15) is 0 Å². The summed E-state index contributed by atoms with van der Waals surface area (Å²) in [5.41, 5.74) is 0. The number of hydrogen-bond donors (Lipinski definition) is 1. The number of hydrogen-bond acceptors (Lipinski definition) is 4. The van der Waals surface area contributed by atoms with Crippen molar-refractivity contribution in [3.8, 4) is 5.75 Å². The molecule has 0 radical (unpaired) electrons. The van der Waals surface area contributed by atoms with Gasteiger partial charge < -0.3 is 10.1 Å². The summed E-state index contributed by atoms with van der Waals surface area (Å²) >= 11 is 0. The van der Waals surface area contributed by atoms with E-state index >= 15 is 0 Å². The van der Waals surface area contributed by atoms with E-state index in [0.29, 0.717) is 17.3 Å². The lowest BCUT2D eigenvalue weighted by Gasteiger charge is -2.08. The fourth-order valence-corrected chi connectivity index (χ4v) is 2.49. The Bertz CT molecular complexity index is 486. The topological polar surface area (TPSA) is 55.4 Å². The van der Waals surface area contributed by atoms with Gasteiger partial charge in [0.2, 0.25) is 0 Å². The average Bonchev–Trinajstić information content (AvgIpc) is 2.41. The van der Waals surface area contributed by atoms with Gasteiger partial charge in [0.15, 0.2) is 9.84 Å². The Morgan fingerprint density at radius 1 is 1.15 bits per heavy atom. The summed E-state index contributed by atoms with van der Waals surface area (Å²) < 4.78 is 28.4. The van der Waals surface area contributed by atoms with Gasteiger partial charge in [0.25, 0.3) is 0 Å². The number of unbranched alkanes of at least 4 members (excludes halogenated alkanes) is 3. The highest BCUT2D eigenvalue weighted by Crippen LogP contribution is 2.17. The van der Waals surface area contributed by atoms with E-state index in [-0.39, 0.29) is 0 Å². The number of benzene rings is 1. The molecule has 1 rings (SSSR count). The minimum absolute atomic E-state index is 0.294. The molecule has 4 nitrogen and oxygen atoms in total. The lowest BCUT2D eigenvalue weighted by atomic mass is 10.2. The van der Waals surface area contributed by atoms with E-state index in [2.05, 4.69) is 12.2 Å². The Hall–Kier alpha value is -1.07. The van der Waals surface area contributed by atoms with E-state index in [9.17, 15) is 8.42 Å². The summed E-state index contributed by atoms with van der Waals surface area (Å²) in [7, 11) is -3.17. The molecule has 0 aliphatic rings. The van der Waals surface area contributed by atoms with Crippen LogP contribution in [-0.2, 0) is 9.84 Å². The van der Waals surface area contributed by atoms with Gasteiger partial charge in [-0.15, -0.1) is 0 Å². The third-order valence-electron chi connectivity index (χ3n) is 2.99. The van der Waals surface area contributed by atoms with Crippen LogP contribution in [0.5, 0.6) is 5.75 Å². The lowest BCUT2D eigenvalue weighted by Crippen LogP contribution is -2.22. The van der Waals surface area contributed by atoms with Crippen molar-refractivity contribution in [3.63, 3.8) is 0 Å². The molecule has 0 saturated heterocycles. The minimum Gasteiger partial charge on any atom is -0.492 e. The van der Waals surface area contributed by atoms with Crippen LogP contribution in [-0.4, -0.2) is 34.4 Å². The quantitative estimate of drug-likeness (QED) is 0.675. The second-order valence-electron chi connectivity index (χ2n) is 4.91. The molecule has 0 aromatic heterocycles. The molecule has 1 N–H and O–H groups in total. The van der Waals surface area contributed by atoms with Crippen molar-refractivity contribution in [3.05, 3.63) is 24.3 Å². The van der Waals surface area contributed by atoms with Crippen LogP contribution in [0.4, 0.5) is 0 Å². The molecular formula is C15H25NO3S. The SMILES string of the molecule is CCCCCCNCCOc1cccc(S(C)(=O)=O)c1. The zero-order valence-electron chi connectivity index (χ0n) is 12.4. The first kappa shape index (κ1) is 17.0. The van der Waals surface area contributed by atoms with Gasteiger partial charge in [0.1, 0.15) is 12.4 Å². The van der Waals surface area contributed by atoms with Gasteiger partial charge in [0.05, 0.1) is 4.90 Å². The molecule has 0 amide bonds. The average molecular weight is 299 g/mol. The predicted octanol–water partition coefficient (Wildman–Crippen LogP) is 2.64. The number of ether oxygens (including phenoxy) is 1. The first-order valence-corrected chi connectivity index (χ1v) is 9.07. The zero-order chi connectivity index (χ0) is 14.8. The predicted molar refractivity (Wildman–Crippen MR) is 82.1 cm³/mol. The van der Waals surface area contributed by atoms with Crippen LogP contribution in [0.3, 0.4) is 0 Å². The third-order valence-corrected chi connectivity index (χ3v) is 4.10. The molecule has 0 aliphatic carbocycles. The molecule has 0 saturated carbocycles. The third kappa shape index (κ3) is 6.91. The Balaban J connectivity index is 2.22. The van der Waals surface area contributed by atoms with Crippen molar-refractivity contribution in [1.82, 2.24) is 5.32 Å². The molecule has 1 aromatic rings. The van der Waals surface area contributed by atoms with E-state index in [1.807, 2.05) is 0 Å². The van der Waals surface area contributed by atoms with Gasteiger partial charge >= 0.3 is 0 Å². The largest absolute Gasteiger partial charge is 0.492 e. The molecule has 0 spiro atoms. The molecule has 114 valence electrons. The van der Waals surface area contributed by atoms with Gasteiger partial charge in [-0.1, -0.05) is 32.3 Å². The molecule has 20 heavy (non-hydrogen) atoms. The van der Waals surface area contributed by atoms with E-state index < -0.39 is 9.84 Å². The summed E-state index contributed by atoms with van der Waals surface area (Å²) in [6.07, 6.45) is 6.19. The fourth-order valence-electron chi connectivity index (χ4n) is 1.84. The van der Waals surface area contributed by atoms with Crippen LogP contribution in [0.25, 0.3) is 0 Å². The van der Waals surface area contributed by atoms with Crippen LogP contribution in [0.15, 0.2) is 29.2 Å². The molecule has 0 atom stereocenters. The summed E-state index contributed by atoms with van der Waals surface area (Å²) in [5.74, 6) is 0.598. The zero-order valence-corrected chi connectivity index (χ0v) is 13.2. The van der Waals surface area contributed by atoms with E-state index in [0.717, 1.165) is 13.1 Å². The maximum atomic E-state index is 11.4. The molecule has 0 bridgehead atoms. The van der Waals surface area contributed by atoms with Crippen molar-refractivity contribution >= 4 is 9.84 Å². The first-order chi connectivity index (χ1) is 9.54. The maximum absolute atomic E-state index is 11.4. The first-order valence-electron chi connectivity index (χ1n) is 7.17. The number of sulfone groups is 1. The van der Waals surface area contributed by atoms with Gasteiger partial charge in [-0.25, -0.2) is 8.42 Å². The summed E-state index contributed by atoms with van der Waals surface area (Å²) in [4.78, 5) is 0.294. The van der Waals surface area contributed by atoms with Gasteiger partial charge in [-0.05, 0) is 31.2 Å². The van der Waals surface area contributed by atoms with E-state index in [4.69, 9.17) is 4.74 Å². The summed E-state index contributed by atoms with van der Waals surface area (Å²) in [5, 5.41) is 3.32. The van der Waals surface area contributed by atoms with Crippen molar-refractivity contribution < 1.29 is 13.2 Å². The molecular weight excluding hydrogens is 274 g/mol.